The van der Waals surface area contributed by atoms with Gasteiger partial charge in [-0.2, -0.15) is 0 Å². The number of para-hydroxylation sites is 2. The molecule has 111 heavy (non-hydrogen) atoms. The van der Waals surface area contributed by atoms with Crippen LogP contribution in [-0.2, 0) is 23.8 Å². The Labute approximate surface area is 667 Å². The lowest BCUT2D eigenvalue weighted by Crippen LogP contribution is -2.33. The summed E-state index contributed by atoms with van der Waals surface area (Å²) in [7, 11) is 3.00. The summed E-state index contributed by atoms with van der Waals surface area (Å²) in [5, 5.41) is 71.1. The van der Waals surface area contributed by atoms with E-state index in [0.29, 0.717) is 22.6 Å². The van der Waals surface area contributed by atoms with E-state index < -0.39 is 44.5 Å². The zero-order chi connectivity index (χ0) is 78.9. The van der Waals surface area contributed by atoms with Gasteiger partial charge in [0.15, 0.2) is 12.2 Å². The van der Waals surface area contributed by atoms with Crippen molar-refractivity contribution in [1.82, 2.24) is 30.9 Å². The number of carbonyl (C=O) groups is 2. The number of ether oxygens (including phenoxy) is 5. The van der Waals surface area contributed by atoms with Crippen LogP contribution in [0.4, 0.5) is 11.4 Å². The number of aliphatic hydroxyl groups excluding tert-OH is 2. The molecule has 23 nitrogen and oxygen atoms in total. The monoisotopic (exact) mass is 1600 g/mol. The molecule has 7 atom stereocenters. The first kappa shape index (κ1) is 85.6. The molecule has 7 N–H and O–H groups in total. The summed E-state index contributed by atoms with van der Waals surface area (Å²) in [6.45, 7) is 6.08. The topological polar surface area (TPSA) is 322 Å². The molecule has 3 saturated heterocycles. The number of nitro groups is 2. The van der Waals surface area contributed by atoms with Crippen LogP contribution >= 0.6 is 58.3 Å². The molecule has 3 aliphatic heterocycles. The van der Waals surface area contributed by atoms with E-state index in [9.17, 15) is 40.0 Å². The maximum atomic E-state index is 11.2. The molecule has 0 aliphatic carbocycles. The molecule has 0 radical (unpaired) electrons. The van der Waals surface area contributed by atoms with Crippen LogP contribution in [0.5, 0.6) is 11.5 Å². The summed E-state index contributed by atoms with van der Waals surface area (Å²) in [5.74, 6) is -1.64. The number of aromatic nitrogens is 3. The van der Waals surface area contributed by atoms with Crippen molar-refractivity contribution in [3.8, 4) is 11.5 Å². The lowest BCUT2D eigenvalue weighted by atomic mass is 10.0. The minimum absolute atomic E-state index is 0.133. The van der Waals surface area contributed by atoms with Crippen LogP contribution in [0.3, 0.4) is 0 Å². The number of aliphatic carboxylic acids is 2. The van der Waals surface area contributed by atoms with Gasteiger partial charge < -0.3 is 60.1 Å². The van der Waals surface area contributed by atoms with E-state index in [1.807, 2.05) is 146 Å². The van der Waals surface area contributed by atoms with E-state index in [4.69, 9.17) is 68.7 Å². The summed E-state index contributed by atoms with van der Waals surface area (Å²) in [6.07, 6.45) is 8.64. The lowest BCUT2D eigenvalue weighted by Gasteiger charge is -2.28. The van der Waals surface area contributed by atoms with Crippen molar-refractivity contribution in [3.05, 3.63) is 323 Å². The molecule has 0 spiro atoms. The number of hydrogen-bond donors (Lipinski definition) is 7. The van der Waals surface area contributed by atoms with Crippen LogP contribution in [0.25, 0.3) is 0 Å². The predicted molar refractivity (Wildman–Crippen MR) is 430 cm³/mol. The number of carboxylic acid groups (broad SMARTS) is 2. The van der Waals surface area contributed by atoms with Crippen LogP contribution in [-0.4, -0.2) is 141 Å². The fourth-order valence-corrected chi connectivity index (χ4v) is 14.8. The smallest absolute Gasteiger partial charge is 0.334 e. The second-order valence-electron chi connectivity index (χ2n) is 25.5. The first-order valence-corrected chi connectivity index (χ1v) is 38.7. The van der Waals surface area contributed by atoms with Crippen molar-refractivity contribution in [1.29, 1.82) is 0 Å². The number of nitro benzene ring substituents is 2. The summed E-state index contributed by atoms with van der Waals surface area (Å²) in [6, 6.07) is 66.3. The first-order valence-electron chi connectivity index (χ1n) is 35.8. The van der Waals surface area contributed by atoms with Gasteiger partial charge >= 0.3 is 11.9 Å². The number of piperidine rings is 3. The fraction of sp³-hybridized carbons (Fsp3) is 0.289. The molecule has 0 amide bonds. The minimum Gasteiger partial charge on any atom is -0.497 e. The number of hydrogen-bond acceptors (Lipinski definition) is 21. The van der Waals surface area contributed by atoms with E-state index in [-0.39, 0.29) is 57.8 Å². The zero-order valence-electron chi connectivity index (χ0n) is 60.8. The molecule has 6 heterocycles. The van der Waals surface area contributed by atoms with Crippen LogP contribution in [0.1, 0.15) is 112 Å². The van der Waals surface area contributed by atoms with Gasteiger partial charge in [0.25, 0.3) is 11.4 Å². The van der Waals surface area contributed by atoms with Gasteiger partial charge in [-0.1, -0.05) is 138 Å². The van der Waals surface area contributed by atoms with E-state index in [1.54, 1.807) is 60.7 Å². The largest absolute Gasteiger partial charge is 0.497 e. The number of halogens is 3. The van der Waals surface area contributed by atoms with Gasteiger partial charge in [-0.15, -0.1) is 23.5 Å². The fourth-order valence-electron chi connectivity index (χ4n) is 12.0. The number of thioether (sulfide) groups is 2. The SMILES string of the molecule is COc1ccc([C@H](Sc2ccccc2[N+](=O)[O-])[C@@H](O)C(=O)O)cc1.COc1ccc([C@H](Sc2ccccc2[N+](=O)[O-])[C@@H](O)C(=O)O)cc1.Clc1ccc(C(OC2CCNCC2)c2ccccn2)cc1.Clc1ccc([C@H](OC2CCNCC2)c2ccccn2)cc1.Clc1ccc([C@H](OC2CCNCC2)c2ccccn2)cc1. The van der Waals surface area contributed by atoms with Gasteiger partial charge in [-0.25, -0.2) is 9.59 Å². The Hall–Kier alpha value is -9.42. The van der Waals surface area contributed by atoms with Crippen LogP contribution in [0, 0.1) is 20.2 Å². The third kappa shape index (κ3) is 26.9. The third-order valence-corrected chi connectivity index (χ3v) is 21.4. The second-order valence-corrected chi connectivity index (χ2v) is 29.1. The first-order chi connectivity index (χ1) is 53.8. The normalized spacial score (nSPS) is 15.6. The number of rotatable bonds is 26. The molecule has 10 aromatic rings. The average Bonchev–Trinajstić information content (AvgIpc) is 0.831. The third-order valence-electron chi connectivity index (χ3n) is 17.8. The van der Waals surface area contributed by atoms with Gasteiger partial charge in [-0.3, -0.25) is 35.2 Å². The van der Waals surface area contributed by atoms with Crippen molar-refractivity contribution in [2.45, 2.75) is 108 Å². The number of methoxy groups -OCH3 is 2. The summed E-state index contributed by atoms with van der Waals surface area (Å²) < 4.78 is 29.2. The number of nitrogens with zero attached hydrogens (tertiary/aromatic N) is 5. The minimum atomic E-state index is -1.72. The van der Waals surface area contributed by atoms with Gasteiger partial charge in [-0.05, 0) is 215 Å². The quantitative estimate of drug-likeness (QED) is 0.0150. The Morgan fingerprint density at radius 3 is 0.910 bits per heavy atom. The van der Waals surface area contributed by atoms with Crippen molar-refractivity contribution in [3.63, 3.8) is 0 Å². The molecule has 3 aliphatic rings. The molecule has 28 heteroatoms. The van der Waals surface area contributed by atoms with Gasteiger partial charge in [0.1, 0.15) is 29.8 Å². The standard InChI is InChI=1S/3C17H19ClN2O.2C16H15NO6S/c3*18-14-6-4-13(5-7-14)17(16-3-1-2-10-20-16)21-15-8-11-19-12-9-15;2*1-23-11-8-6-10(7-9-11)15(14(18)16(19)20)24-13-5-3-2-4-12(13)17(21)22/h3*1-7,10,15,17,19H,8-9,11-12H2;2*2-9,14-15,18H,1H3,(H,19,20)/t2*17-;;2*14-,15+/m00.11/s1. The Bertz CT molecular complexity index is 4080. The molecule has 0 bridgehead atoms. The molecule has 0 saturated carbocycles. The lowest BCUT2D eigenvalue weighted by molar-refractivity contribution is -0.387. The summed E-state index contributed by atoms with van der Waals surface area (Å²) >= 11 is 19.8. The van der Waals surface area contributed by atoms with E-state index >= 15 is 0 Å². The molecule has 13 rings (SSSR count). The van der Waals surface area contributed by atoms with Crippen molar-refractivity contribution < 1.29 is 63.5 Å². The number of nitrogens with one attached hydrogen (secondary N) is 3. The average molecular weight is 1610 g/mol. The zero-order valence-corrected chi connectivity index (χ0v) is 64.7. The Morgan fingerprint density at radius 2 is 0.667 bits per heavy atom. The number of aliphatic hydroxyl groups is 2. The van der Waals surface area contributed by atoms with Crippen molar-refractivity contribution in [2.24, 2.45) is 0 Å². The highest BCUT2D eigenvalue weighted by Gasteiger charge is 2.33. The molecule has 582 valence electrons. The Morgan fingerprint density at radius 1 is 0.405 bits per heavy atom. The van der Waals surface area contributed by atoms with Gasteiger partial charge in [0.2, 0.25) is 0 Å². The van der Waals surface area contributed by atoms with Crippen molar-refractivity contribution >= 4 is 81.6 Å². The van der Waals surface area contributed by atoms with Crippen LogP contribution < -0.4 is 25.4 Å². The Kier molecular flexibility index (Phi) is 34.8. The molecule has 3 fully saturated rings. The molecular weight excluding hydrogens is 1520 g/mol. The van der Waals surface area contributed by atoms with E-state index in [1.165, 1.54) is 50.6 Å². The Balaban J connectivity index is 0.000000160. The summed E-state index contributed by atoms with van der Waals surface area (Å²) in [4.78, 5) is 57.6. The highest BCUT2D eigenvalue weighted by atomic mass is 35.5. The van der Waals surface area contributed by atoms with E-state index in [2.05, 4.69) is 30.9 Å². The maximum Gasteiger partial charge on any atom is 0.334 e. The predicted octanol–water partition coefficient (Wildman–Crippen LogP) is 16.5. The van der Waals surface area contributed by atoms with Crippen LogP contribution in [0.2, 0.25) is 15.1 Å². The van der Waals surface area contributed by atoms with Gasteiger partial charge in [0, 0.05) is 45.8 Å². The molecule has 1 unspecified atom stereocenters. The van der Waals surface area contributed by atoms with Gasteiger partial charge in [0.05, 0.1) is 79.8 Å². The highest BCUT2D eigenvalue weighted by Crippen LogP contribution is 2.44. The van der Waals surface area contributed by atoms with Crippen molar-refractivity contribution in [2.75, 3.05) is 53.5 Å². The summed E-state index contributed by atoms with van der Waals surface area (Å²) in [5.41, 5.74) is 6.87. The van der Waals surface area contributed by atoms with E-state index in [0.717, 1.165) is 150 Å². The number of benzene rings is 7. The number of carboxylic acids is 2. The maximum absolute atomic E-state index is 11.2. The molecule has 3 aromatic heterocycles. The second kappa shape index (κ2) is 45.2. The van der Waals surface area contributed by atoms with Crippen LogP contribution in [0.15, 0.2) is 253 Å². The number of pyridine rings is 3. The molecule has 7 aromatic carbocycles. The molecular formula is C83H87Cl3N8O15S2. The highest BCUT2D eigenvalue weighted by molar-refractivity contribution is 8.00.